The van der Waals surface area contributed by atoms with Gasteiger partial charge in [0.25, 0.3) is 0 Å². The lowest BCUT2D eigenvalue weighted by molar-refractivity contribution is -0.945. The number of thiazole rings is 1. The number of nitrogens with one attached hydrogen (secondary N) is 3. The Hall–Kier alpha value is -1.84. The fourth-order valence-corrected chi connectivity index (χ4v) is 4.93. The van der Waals surface area contributed by atoms with Crippen LogP contribution in [0.4, 0.5) is 5.13 Å². The molecule has 1 unspecified atom stereocenters. The van der Waals surface area contributed by atoms with Crippen LogP contribution in [0.25, 0.3) is 0 Å². The van der Waals surface area contributed by atoms with E-state index in [0.29, 0.717) is 17.1 Å². The minimum absolute atomic E-state index is 0.0996. The van der Waals surface area contributed by atoms with Gasteiger partial charge in [-0.1, -0.05) is 5.21 Å². The molecule has 0 aromatic carbocycles. The second-order valence-electron chi connectivity index (χ2n) is 7.84. The van der Waals surface area contributed by atoms with Crippen LogP contribution < -0.4 is 15.1 Å². The molecule has 0 saturated carbocycles. The number of anilines is 1. The molecule has 4 atom stereocenters. The maximum absolute atomic E-state index is 12.6. The molecule has 26 heavy (non-hydrogen) atoms. The van der Waals surface area contributed by atoms with Gasteiger partial charge in [0.1, 0.15) is 18.3 Å². The molecule has 8 nitrogen and oxygen atoms in total. The molecule has 0 aliphatic carbocycles. The van der Waals surface area contributed by atoms with E-state index >= 15 is 0 Å². The molecule has 9 heteroatoms. The number of fused-ring (bicyclic) bond motifs is 3. The molecular weight excluding hydrogens is 350 g/mol. The smallest absolute Gasteiger partial charge is 0.235 e. The molecule has 0 spiro atoms. The second kappa shape index (κ2) is 7.42. The van der Waals surface area contributed by atoms with E-state index in [2.05, 4.69) is 40.9 Å². The summed E-state index contributed by atoms with van der Waals surface area (Å²) in [6, 6.07) is 0.527. The molecule has 3 aliphatic rings. The largest absolute Gasteiger partial charge is 0.335 e. The van der Waals surface area contributed by atoms with Crippen molar-refractivity contribution in [1.29, 1.82) is 0 Å². The van der Waals surface area contributed by atoms with E-state index in [1.54, 1.807) is 6.20 Å². The van der Waals surface area contributed by atoms with Crippen LogP contribution in [0.2, 0.25) is 0 Å². The van der Waals surface area contributed by atoms with Crippen molar-refractivity contribution in [2.24, 2.45) is 11.8 Å². The molecule has 2 aromatic heterocycles. The Labute approximate surface area is 157 Å². The molecule has 3 fully saturated rings. The topological polar surface area (TPSA) is 81.6 Å². The number of carbonyl (C=O) groups excluding carboxylic acids is 1. The SMILES string of the molecule is C[NH+](C)Cc1cn(C[C@H]2C[C@H]3CC[NH+]2C[C@@H]3C(=O)Nc2nccs2)nn1. The minimum atomic E-state index is 0.0996. The number of carbonyl (C=O) groups is 1. The molecule has 140 valence electrons. The molecular formula is C17H27N7OS+2. The summed E-state index contributed by atoms with van der Waals surface area (Å²) >= 11 is 1.47. The molecule has 0 radical (unpaired) electrons. The van der Waals surface area contributed by atoms with Gasteiger partial charge in [0, 0.05) is 24.4 Å². The Morgan fingerprint density at radius 2 is 2.38 bits per heavy atom. The standard InChI is InChI=1S/C17H25N7OS/c1-22(2)8-13-9-24(21-20-13)10-14-7-12-3-5-23(14)11-15(12)16(25)19-17-18-4-6-26-17/h4,6,9,12,14-15H,3,5,7-8,10-11H2,1-2H3,(H,18,19,25)/p+2/t12-,14-,15+/m1/s1. The normalized spacial score (nSPS) is 27.8. The van der Waals surface area contributed by atoms with Crippen LogP contribution in [0.1, 0.15) is 18.5 Å². The number of hydrogen-bond donors (Lipinski definition) is 3. The predicted molar refractivity (Wildman–Crippen MR) is 98.0 cm³/mol. The summed E-state index contributed by atoms with van der Waals surface area (Å²) in [6.07, 6.45) is 6.01. The van der Waals surface area contributed by atoms with E-state index in [4.69, 9.17) is 0 Å². The van der Waals surface area contributed by atoms with Crippen LogP contribution in [0, 0.1) is 11.8 Å². The van der Waals surface area contributed by atoms with Gasteiger partial charge >= 0.3 is 0 Å². The molecule has 3 aliphatic heterocycles. The number of hydrogen-bond acceptors (Lipinski definition) is 5. The fourth-order valence-electron chi connectivity index (χ4n) is 4.40. The van der Waals surface area contributed by atoms with E-state index in [9.17, 15) is 4.79 Å². The lowest BCUT2D eigenvalue weighted by atomic mass is 9.75. The first-order valence-electron chi connectivity index (χ1n) is 9.31. The maximum Gasteiger partial charge on any atom is 0.235 e. The van der Waals surface area contributed by atoms with Crippen molar-refractivity contribution in [2.45, 2.75) is 32.0 Å². The molecule has 5 rings (SSSR count). The summed E-state index contributed by atoms with van der Waals surface area (Å²) in [4.78, 5) is 19.7. The first-order chi connectivity index (χ1) is 12.6. The zero-order chi connectivity index (χ0) is 18.1. The minimum Gasteiger partial charge on any atom is -0.335 e. The monoisotopic (exact) mass is 377 g/mol. The first kappa shape index (κ1) is 17.6. The summed E-state index contributed by atoms with van der Waals surface area (Å²) in [5, 5.41) is 14.2. The first-order valence-corrected chi connectivity index (χ1v) is 10.2. The second-order valence-corrected chi connectivity index (χ2v) is 8.74. The van der Waals surface area contributed by atoms with Gasteiger partial charge in [-0.25, -0.2) is 9.67 Å². The highest BCUT2D eigenvalue weighted by molar-refractivity contribution is 7.13. The fraction of sp³-hybridized carbons (Fsp3) is 0.647. The maximum atomic E-state index is 12.6. The van der Waals surface area contributed by atoms with Gasteiger partial charge in [0.15, 0.2) is 5.13 Å². The van der Waals surface area contributed by atoms with Crippen molar-refractivity contribution < 1.29 is 14.6 Å². The number of aromatic nitrogens is 4. The van der Waals surface area contributed by atoms with Crippen molar-refractivity contribution in [3.63, 3.8) is 0 Å². The molecule has 2 bridgehead atoms. The van der Waals surface area contributed by atoms with Crippen LogP contribution in [0.15, 0.2) is 17.8 Å². The zero-order valence-electron chi connectivity index (χ0n) is 15.3. The number of amides is 1. The summed E-state index contributed by atoms with van der Waals surface area (Å²) in [6.45, 7) is 3.85. The van der Waals surface area contributed by atoms with E-state index in [1.807, 2.05) is 10.1 Å². The van der Waals surface area contributed by atoms with Gasteiger partial charge in [-0.15, -0.1) is 16.4 Å². The van der Waals surface area contributed by atoms with E-state index in [0.717, 1.165) is 44.7 Å². The summed E-state index contributed by atoms with van der Waals surface area (Å²) in [5.74, 6) is 0.701. The molecule has 2 aromatic rings. The van der Waals surface area contributed by atoms with Gasteiger partial charge in [-0.3, -0.25) is 4.79 Å². The predicted octanol–water partition coefficient (Wildman–Crippen LogP) is -1.69. The van der Waals surface area contributed by atoms with Crippen LogP contribution in [0.3, 0.4) is 0 Å². The van der Waals surface area contributed by atoms with E-state index in [1.165, 1.54) is 21.1 Å². The lowest BCUT2D eigenvalue weighted by Gasteiger charge is -2.46. The van der Waals surface area contributed by atoms with Crippen LogP contribution in [-0.4, -0.2) is 59.1 Å². The van der Waals surface area contributed by atoms with Crippen LogP contribution in [0.5, 0.6) is 0 Å². The lowest BCUT2D eigenvalue weighted by Crippen LogP contribution is -3.20. The Balaban J connectivity index is 1.36. The summed E-state index contributed by atoms with van der Waals surface area (Å²) in [7, 11) is 4.23. The van der Waals surface area contributed by atoms with Gasteiger partial charge in [0.05, 0.1) is 45.8 Å². The molecule has 1 amide bonds. The average molecular weight is 378 g/mol. The summed E-state index contributed by atoms with van der Waals surface area (Å²) in [5.41, 5.74) is 1.04. The number of piperidine rings is 3. The number of nitrogens with zero attached hydrogens (tertiary/aromatic N) is 4. The Morgan fingerprint density at radius 3 is 3.08 bits per heavy atom. The Bertz CT molecular complexity index is 744. The van der Waals surface area contributed by atoms with Crippen molar-refractivity contribution in [3.8, 4) is 0 Å². The van der Waals surface area contributed by atoms with Gasteiger partial charge < -0.3 is 15.1 Å². The van der Waals surface area contributed by atoms with E-state index in [-0.39, 0.29) is 11.8 Å². The van der Waals surface area contributed by atoms with Crippen LogP contribution in [-0.2, 0) is 17.9 Å². The third-order valence-electron chi connectivity index (χ3n) is 5.58. The van der Waals surface area contributed by atoms with Crippen LogP contribution >= 0.6 is 11.3 Å². The van der Waals surface area contributed by atoms with Gasteiger partial charge in [0.2, 0.25) is 5.91 Å². The van der Waals surface area contributed by atoms with Crippen molar-refractivity contribution in [3.05, 3.63) is 23.5 Å². The van der Waals surface area contributed by atoms with Crippen molar-refractivity contribution in [2.75, 3.05) is 32.5 Å². The quantitative estimate of drug-likeness (QED) is 0.561. The van der Waals surface area contributed by atoms with Gasteiger partial charge in [-0.05, 0) is 5.92 Å². The Kier molecular flexibility index (Phi) is 5.01. The highest BCUT2D eigenvalue weighted by Crippen LogP contribution is 2.28. The highest BCUT2D eigenvalue weighted by Gasteiger charge is 2.46. The van der Waals surface area contributed by atoms with Gasteiger partial charge in [-0.2, -0.15) is 0 Å². The average Bonchev–Trinajstić information content (AvgIpc) is 3.27. The number of rotatable bonds is 6. The third-order valence-corrected chi connectivity index (χ3v) is 6.27. The zero-order valence-corrected chi connectivity index (χ0v) is 16.1. The number of quaternary nitrogens is 2. The molecule has 3 saturated heterocycles. The van der Waals surface area contributed by atoms with Crippen molar-refractivity contribution >= 4 is 22.4 Å². The Morgan fingerprint density at radius 1 is 1.50 bits per heavy atom. The molecule has 5 heterocycles. The summed E-state index contributed by atoms with van der Waals surface area (Å²) < 4.78 is 1.99. The highest BCUT2D eigenvalue weighted by atomic mass is 32.1. The van der Waals surface area contributed by atoms with E-state index < -0.39 is 0 Å². The third kappa shape index (κ3) is 3.79. The van der Waals surface area contributed by atoms with Crippen molar-refractivity contribution in [1.82, 2.24) is 20.0 Å². The molecule has 3 N–H and O–H groups in total.